The van der Waals surface area contributed by atoms with Crippen LogP contribution in [0.5, 0.6) is 0 Å². The molecule has 2 amide bonds. The molecule has 3 rings (SSSR count). The number of nitrogens with one attached hydrogen (secondary N) is 2. The minimum atomic E-state index is -1.02. The topological polar surface area (TPSA) is 105 Å². The Bertz CT molecular complexity index is 974. The molecule has 0 heterocycles. The second kappa shape index (κ2) is 11.7. The molecule has 7 heteroatoms. The van der Waals surface area contributed by atoms with Gasteiger partial charge in [-0.05, 0) is 46.9 Å². The van der Waals surface area contributed by atoms with Gasteiger partial charge in [-0.1, -0.05) is 69.3 Å². The highest BCUT2D eigenvalue weighted by atomic mass is 16.5. The lowest BCUT2D eigenvalue weighted by atomic mass is 9.98. The van der Waals surface area contributed by atoms with Gasteiger partial charge in [-0.25, -0.2) is 9.59 Å². The Kier molecular flexibility index (Phi) is 8.68. The van der Waals surface area contributed by atoms with E-state index in [1.807, 2.05) is 45.0 Å². The molecule has 0 saturated carbocycles. The van der Waals surface area contributed by atoms with E-state index >= 15 is 0 Å². The average Bonchev–Trinajstić information content (AvgIpc) is 3.13. The van der Waals surface area contributed by atoms with Gasteiger partial charge >= 0.3 is 12.1 Å². The molecule has 2 aromatic rings. The molecule has 0 aromatic heterocycles. The first-order chi connectivity index (χ1) is 16.3. The number of amides is 2. The molecule has 182 valence electrons. The molecule has 2 aromatic carbocycles. The van der Waals surface area contributed by atoms with E-state index in [0.29, 0.717) is 19.4 Å². The van der Waals surface area contributed by atoms with Gasteiger partial charge in [0.2, 0.25) is 5.91 Å². The van der Waals surface area contributed by atoms with Gasteiger partial charge in [-0.3, -0.25) is 4.79 Å². The van der Waals surface area contributed by atoms with E-state index < -0.39 is 18.1 Å². The summed E-state index contributed by atoms with van der Waals surface area (Å²) in [6.45, 7) is 6.39. The minimum absolute atomic E-state index is 0.00675. The molecular formula is C27H34N2O5. The van der Waals surface area contributed by atoms with Crippen LogP contribution in [0.3, 0.4) is 0 Å². The summed E-state index contributed by atoms with van der Waals surface area (Å²) >= 11 is 0. The van der Waals surface area contributed by atoms with Gasteiger partial charge in [-0.2, -0.15) is 0 Å². The number of benzene rings is 2. The Morgan fingerprint density at radius 2 is 1.56 bits per heavy atom. The van der Waals surface area contributed by atoms with E-state index in [4.69, 9.17) is 4.74 Å². The van der Waals surface area contributed by atoms with Crippen LogP contribution in [0.2, 0.25) is 0 Å². The SMILES string of the molecule is CC(C)C[C@@H](NC(=O)CCC(C)CNC(=O)OCC1c2ccccc2-c2ccccc21)C(=O)O. The number of carboxylic acid groups (broad SMARTS) is 1. The molecule has 1 aliphatic rings. The third kappa shape index (κ3) is 6.59. The number of carboxylic acids is 1. The zero-order valence-electron chi connectivity index (χ0n) is 20.0. The van der Waals surface area contributed by atoms with E-state index in [1.54, 1.807) is 0 Å². The molecule has 0 fully saturated rings. The number of rotatable bonds is 11. The van der Waals surface area contributed by atoms with Crippen molar-refractivity contribution in [3.05, 3.63) is 59.7 Å². The Morgan fingerprint density at radius 1 is 0.971 bits per heavy atom. The predicted molar refractivity (Wildman–Crippen MR) is 130 cm³/mol. The zero-order valence-corrected chi connectivity index (χ0v) is 20.0. The lowest BCUT2D eigenvalue weighted by molar-refractivity contribution is -0.142. The monoisotopic (exact) mass is 466 g/mol. The third-order valence-electron chi connectivity index (χ3n) is 6.14. The molecule has 2 atom stereocenters. The van der Waals surface area contributed by atoms with Crippen molar-refractivity contribution in [2.24, 2.45) is 11.8 Å². The molecule has 0 saturated heterocycles. The Labute approximate surface area is 200 Å². The van der Waals surface area contributed by atoms with Crippen LogP contribution in [-0.2, 0) is 14.3 Å². The van der Waals surface area contributed by atoms with Gasteiger partial charge in [0.1, 0.15) is 12.6 Å². The maximum Gasteiger partial charge on any atom is 0.407 e. The first kappa shape index (κ1) is 25.3. The molecule has 0 spiro atoms. The van der Waals surface area contributed by atoms with Crippen LogP contribution in [0.4, 0.5) is 4.79 Å². The van der Waals surface area contributed by atoms with Gasteiger partial charge in [0.05, 0.1) is 0 Å². The van der Waals surface area contributed by atoms with E-state index in [-0.39, 0.29) is 36.7 Å². The number of carbonyl (C=O) groups is 3. The van der Waals surface area contributed by atoms with Gasteiger partial charge in [-0.15, -0.1) is 0 Å². The van der Waals surface area contributed by atoms with E-state index in [1.165, 1.54) is 11.1 Å². The Hall–Kier alpha value is -3.35. The van der Waals surface area contributed by atoms with E-state index in [0.717, 1.165) is 11.1 Å². The Balaban J connectivity index is 1.42. The summed E-state index contributed by atoms with van der Waals surface area (Å²) in [5, 5.41) is 14.6. The van der Waals surface area contributed by atoms with E-state index in [9.17, 15) is 19.5 Å². The van der Waals surface area contributed by atoms with Gasteiger partial charge in [0.25, 0.3) is 0 Å². The van der Waals surface area contributed by atoms with Crippen molar-refractivity contribution < 1.29 is 24.2 Å². The smallest absolute Gasteiger partial charge is 0.407 e. The number of fused-ring (bicyclic) bond motifs is 3. The lowest BCUT2D eigenvalue weighted by Crippen LogP contribution is -2.41. The van der Waals surface area contributed by atoms with E-state index in [2.05, 4.69) is 34.9 Å². The van der Waals surface area contributed by atoms with Crippen LogP contribution in [0.15, 0.2) is 48.5 Å². The molecule has 0 radical (unpaired) electrons. The highest BCUT2D eigenvalue weighted by Gasteiger charge is 2.29. The quantitative estimate of drug-likeness (QED) is 0.450. The Morgan fingerprint density at radius 3 is 2.12 bits per heavy atom. The van der Waals surface area contributed by atoms with Crippen molar-refractivity contribution in [2.45, 2.75) is 52.0 Å². The summed E-state index contributed by atoms with van der Waals surface area (Å²) in [6.07, 6.45) is 0.639. The average molecular weight is 467 g/mol. The van der Waals surface area contributed by atoms with Crippen molar-refractivity contribution in [2.75, 3.05) is 13.2 Å². The second-order valence-electron chi connectivity index (χ2n) is 9.44. The first-order valence-corrected chi connectivity index (χ1v) is 11.9. The maximum absolute atomic E-state index is 12.3. The van der Waals surface area contributed by atoms with Gasteiger partial charge in [0, 0.05) is 18.9 Å². The summed E-state index contributed by atoms with van der Waals surface area (Å²) in [5.74, 6) is -1.10. The van der Waals surface area contributed by atoms with Crippen LogP contribution >= 0.6 is 0 Å². The number of hydrogen-bond donors (Lipinski definition) is 3. The summed E-state index contributed by atoms with van der Waals surface area (Å²) in [7, 11) is 0. The predicted octanol–water partition coefficient (Wildman–Crippen LogP) is 4.56. The summed E-state index contributed by atoms with van der Waals surface area (Å²) in [5.41, 5.74) is 4.68. The number of aliphatic carboxylic acids is 1. The van der Waals surface area contributed by atoms with Crippen molar-refractivity contribution in [3.63, 3.8) is 0 Å². The van der Waals surface area contributed by atoms with Crippen LogP contribution in [0.1, 0.15) is 57.1 Å². The van der Waals surface area contributed by atoms with Gasteiger partial charge in [0.15, 0.2) is 0 Å². The first-order valence-electron chi connectivity index (χ1n) is 11.9. The molecule has 1 unspecified atom stereocenters. The van der Waals surface area contributed by atoms with Gasteiger partial charge < -0.3 is 20.5 Å². The lowest BCUT2D eigenvalue weighted by Gasteiger charge is -2.18. The number of ether oxygens (including phenoxy) is 1. The summed E-state index contributed by atoms with van der Waals surface area (Å²) < 4.78 is 5.54. The second-order valence-corrected chi connectivity index (χ2v) is 9.44. The fraction of sp³-hybridized carbons (Fsp3) is 0.444. The van der Waals surface area contributed by atoms with Crippen LogP contribution in [-0.4, -0.2) is 42.3 Å². The molecule has 0 bridgehead atoms. The largest absolute Gasteiger partial charge is 0.480 e. The van der Waals surface area contributed by atoms with Crippen LogP contribution < -0.4 is 10.6 Å². The fourth-order valence-corrected chi connectivity index (χ4v) is 4.35. The molecule has 34 heavy (non-hydrogen) atoms. The van der Waals surface area contributed by atoms with Crippen LogP contribution in [0.25, 0.3) is 11.1 Å². The number of hydrogen-bond acceptors (Lipinski definition) is 4. The summed E-state index contributed by atoms with van der Waals surface area (Å²) in [6, 6.07) is 15.5. The maximum atomic E-state index is 12.3. The molecular weight excluding hydrogens is 432 g/mol. The molecule has 7 nitrogen and oxygen atoms in total. The fourth-order valence-electron chi connectivity index (χ4n) is 4.35. The number of alkyl carbamates (subject to hydrolysis) is 1. The van der Waals surface area contributed by atoms with Crippen molar-refractivity contribution in [1.29, 1.82) is 0 Å². The summed E-state index contributed by atoms with van der Waals surface area (Å²) in [4.78, 5) is 35.8. The zero-order chi connectivity index (χ0) is 24.7. The normalized spacial score (nSPS) is 14.1. The van der Waals surface area contributed by atoms with Crippen molar-refractivity contribution >= 4 is 18.0 Å². The van der Waals surface area contributed by atoms with Crippen molar-refractivity contribution in [1.82, 2.24) is 10.6 Å². The highest BCUT2D eigenvalue weighted by Crippen LogP contribution is 2.44. The molecule has 1 aliphatic carbocycles. The standard InChI is InChI=1S/C27H34N2O5/c1-17(2)14-24(26(31)32)29-25(30)13-12-18(3)15-28-27(33)34-16-23-21-10-6-4-8-19(21)20-9-5-7-11-22(20)23/h4-11,17-18,23-24H,12-16H2,1-3H3,(H,28,33)(H,29,30)(H,31,32)/t18?,24-/m1/s1. The van der Waals surface area contributed by atoms with Crippen LogP contribution in [0, 0.1) is 11.8 Å². The highest BCUT2D eigenvalue weighted by molar-refractivity contribution is 5.83. The van der Waals surface area contributed by atoms with Crippen molar-refractivity contribution in [3.8, 4) is 11.1 Å². The molecule has 0 aliphatic heterocycles. The number of carbonyl (C=O) groups excluding carboxylic acids is 2. The third-order valence-corrected chi connectivity index (χ3v) is 6.14. The molecule has 3 N–H and O–H groups in total. The minimum Gasteiger partial charge on any atom is -0.480 e.